The number of imidazole rings is 1. The summed E-state index contributed by atoms with van der Waals surface area (Å²) < 4.78 is 85.8. The fraction of sp³-hybridized carbons (Fsp3) is 0.0882. The summed E-state index contributed by atoms with van der Waals surface area (Å²) in [7, 11) is 0. The fourth-order valence-corrected chi connectivity index (χ4v) is 6.04. The SMILES string of the molecule is [2H]c1c([2H])c([2H])c(-c2cc(-c3ccc4c(c3)-n3c(nc5ccccc53)SC4(C)C)cc(-c3c([2H])c([2H])c([2H])c([2H])c3[2H])c2)c([2H])c1[2H]. The Morgan fingerprint density at radius 3 is 1.92 bits per heavy atom. The summed E-state index contributed by atoms with van der Waals surface area (Å²) in [6.45, 7) is 4.27. The minimum absolute atomic E-state index is 0.0511. The molecule has 0 saturated heterocycles. The molecular weight excluding hydrogens is 468 g/mol. The van der Waals surface area contributed by atoms with Crippen LogP contribution in [0.25, 0.3) is 50.1 Å². The monoisotopic (exact) mass is 504 g/mol. The molecule has 1 aliphatic rings. The zero-order valence-corrected chi connectivity index (χ0v) is 20.9. The number of nitrogens with zero attached hydrogens (tertiary/aromatic N) is 2. The summed E-state index contributed by atoms with van der Waals surface area (Å²) in [5.41, 5.74) is 5.48. The molecule has 37 heavy (non-hydrogen) atoms. The van der Waals surface area contributed by atoms with Crippen molar-refractivity contribution in [3.05, 3.63) is 127 Å². The zero-order valence-electron chi connectivity index (χ0n) is 30.1. The highest BCUT2D eigenvalue weighted by Crippen LogP contribution is 2.50. The van der Waals surface area contributed by atoms with Crippen molar-refractivity contribution in [1.82, 2.24) is 9.55 Å². The molecule has 2 heterocycles. The molecule has 0 radical (unpaired) electrons. The van der Waals surface area contributed by atoms with Gasteiger partial charge in [-0.1, -0.05) is 96.5 Å². The number of rotatable bonds is 3. The van der Waals surface area contributed by atoms with Crippen molar-refractivity contribution in [2.24, 2.45) is 0 Å². The third kappa shape index (κ3) is 3.78. The molecule has 2 nitrogen and oxygen atoms in total. The lowest BCUT2D eigenvalue weighted by Crippen LogP contribution is -2.21. The minimum atomic E-state index is -0.524. The quantitative estimate of drug-likeness (QED) is 0.239. The lowest BCUT2D eigenvalue weighted by molar-refractivity contribution is 0.729. The molecule has 7 rings (SSSR count). The molecule has 0 saturated carbocycles. The van der Waals surface area contributed by atoms with Gasteiger partial charge in [0.05, 0.1) is 30.4 Å². The van der Waals surface area contributed by atoms with Gasteiger partial charge in [0.2, 0.25) is 0 Å². The van der Waals surface area contributed by atoms with Gasteiger partial charge in [0.1, 0.15) is 0 Å². The van der Waals surface area contributed by atoms with Crippen molar-refractivity contribution in [2.45, 2.75) is 23.8 Å². The van der Waals surface area contributed by atoms with Crippen LogP contribution in [0.2, 0.25) is 0 Å². The Morgan fingerprint density at radius 1 is 0.676 bits per heavy atom. The van der Waals surface area contributed by atoms with Crippen LogP contribution >= 0.6 is 11.8 Å². The van der Waals surface area contributed by atoms with Crippen LogP contribution in [0.1, 0.15) is 33.1 Å². The number of benzene rings is 5. The van der Waals surface area contributed by atoms with Gasteiger partial charge in [0, 0.05) is 4.75 Å². The number of hydrogen-bond donors (Lipinski definition) is 0. The summed E-state index contributed by atoms with van der Waals surface area (Å²) >= 11 is 1.66. The summed E-state index contributed by atoms with van der Waals surface area (Å²) in [6, 6.07) is 14.2. The standard InChI is InChI=1S/C34H26N2S/c1-34(2)29-18-17-25(22-32(29)36-31-16-10-9-15-30(31)35-33(36)37-34)28-20-26(23-11-5-3-6-12-23)19-27(21-28)24-13-7-4-8-14-24/h3-22H,1-2H3/i3D,4D,5D,6D,7D,8D,11D,12D,13D,14D. The van der Waals surface area contributed by atoms with Gasteiger partial charge in [0.25, 0.3) is 0 Å². The number of fused-ring (bicyclic) bond motifs is 5. The lowest BCUT2D eigenvalue weighted by atomic mass is 9.91. The molecule has 0 N–H and O–H groups in total. The molecule has 6 aromatic rings. The molecule has 0 spiro atoms. The number of hydrogen-bond acceptors (Lipinski definition) is 2. The highest BCUT2D eigenvalue weighted by atomic mass is 32.2. The van der Waals surface area contributed by atoms with E-state index in [0.717, 1.165) is 33.0 Å². The maximum Gasteiger partial charge on any atom is 0.174 e. The largest absolute Gasteiger partial charge is 0.287 e. The Hall–Kier alpha value is -4.08. The molecule has 0 fully saturated rings. The van der Waals surface area contributed by atoms with Crippen LogP contribution in [-0.4, -0.2) is 9.55 Å². The molecule has 1 aromatic heterocycles. The van der Waals surface area contributed by atoms with Gasteiger partial charge in [-0.25, -0.2) is 4.98 Å². The van der Waals surface area contributed by atoms with Gasteiger partial charge in [-0.2, -0.15) is 0 Å². The number of para-hydroxylation sites is 2. The van der Waals surface area contributed by atoms with Gasteiger partial charge in [-0.05, 0) is 89.2 Å². The minimum Gasteiger partial charge on any atom is -0.287 e. The van der Waals surface area contributed by atoms with Crippen LogP contribution in [0, 0.1) is 0 Å². The highest BCUT2D eigenvalue weighted by molar-refractivity contribution is 8.00. The molecule has 0 atom stereocenters. The Morgan fingerprint density at radius 2 is 1.27 bits per heavy atom. The zero-order chi connectivity index (χ0) is 33.7. The number of thioether (sulfide) groups is 1. The Bertz CT molecular complexity index is 2180. The molecule has 178 valence electrons. The van der Waals surface area contributed by atoms with Gasteiger partial charge < -0.3 is 0 Å². The topological polar surface area (TPSA) is 17.8 Å². The third-order valence-electron chi connectivity index (χ3n) is 6.61. The van der Waals surface area contributed by atoms with Gasteiger partial charge in [-0.3, -0.25) is 4.57 Å². The summed E-state index contributed by atoms with van der Waals surface area (Å²) in [6.07, 6.45) is 0. The van der Waals surface area contributed by atoms with E-state index in [4.69, 9.17) is 18.7 Å². The first kappa shape index (κ1) is 14.0. The van der Waals surface area contributed by atoms with Crippen LogP contribution in [0.5, 0.6) is 0 Å². The first-order valence-corrected chi connectivity index (χ1v) is 12.6. The van der Waals surface area contributed by atoms with Crippen LogP contribution in [0.15, 0.2) is 126 Å². The highest BCUT2D eigenvalue weighted by Gasteiger charge is 2.34. The second-order valence-corrected chi connectivity index (χ2v) is 11.0. The van der Waals surface area contributed by atoms with Crippen molar-refractivity contribution < 1.29 is 13.7 Å². The van der Waals surface area contributed by atoms with Gasteiger partial charge in [0.15, 0.2) is 5.16 Å². The third-order valence-corrected chi connectivity index (χ3v) is 7.79. The van der Waals surface area contributed by atoms with E-state index in [1.54, 1.807) is 23.9 Å². The van der Waals surface area contributed by atoms with E-state index in [-0.39, 0.29) is 27.0 Å². The predicted octanol–water partition coefficient (Wildman–Crippen LogP) is 9.37. The van der Waals surface area contributed by atoms with Gasteiger partial charge >= 0.3 is 0 Å². The molecule has 1 aliphatic heterocycles. The maximum absolute atomic E-state index is 8.67. The summed E-state index contributed by atoms with van der Waals surface area (Å²) in [4.78, 5) is 4.88. The molecule has 0 aliphatic carbocycles. The van der Waals surface area contributed by atoms with E-state index >= 15 is 0 Å². The average molecular weight is 505 g/mol. The maximum atomic E-state index is 8.67. The van der Waals surface area contributed by atoms with Crippen LogP contribution < -0.4 is 0 Å². The van der Waals surface area contributed by atoms with E-state index in [1.165, 1.54) is 6.07 Å². The summed E-state index contributed by atoms with van der Waals surface area (Å²) in [5, 5.41) is 0.841. The van der Waals surface area contributed by atoms with Crippen molar-refractivity contribution in [1.29, 1.82) is 0 Å². The van der Waals surface area contributed by atoms with Crippen LogP contribution in [-0.2, 0) is 4.75 Å². The van der Waals surface area contributed by atoms with Gasteiger partial charge in [-0.15, -0.1) is 0 Å². The second kappa shape index (κ2) is 8.50. The molecule has 3 heteroatoms. The van der Waals surface area contributed by atoms with Crippen molar-refractivity contribution in [2.75, 3.05) is 0 Å². The fourth-order valence-electron chi connectivity index (χ4n) is 4.87. The Kier molecular flexibility index (Phi) is 3.22. The van der Waals surface area contributed by atoms with E-state index in [2.05, 4.69) is 18.4 Å². The van der Waals surface area contributed by atoms with E-state index in [9.17, 15) is 0 Å². The first-order valence-electron chi connectivity index (χ1n) is 16.8. The van der Waals surface area contributed by atoms with Crippen molar-refractivity contribution in [3.8, 4) is 39.1 Å². The van der Waals surface area contributed by atoms with Crippen molar-refractivity contribution >= 4 is 22.8 Å². The van der Waals surface area contributed by atoms with Crippen molar-refractivity contribution in [3.63, 3.8) is 0 Å². The Balaban J connectivity index is 1.55. The molecule has 5 aromatic carbocycles. The normalized spacial score (nSPS) is 17.6. The second-order valence-electron chi connectivity index (χ2n) is 9.36. The van der Waals surface area contributed by atoms with E-state index in [0.29, 0.717) is 5.56 Å². The van der Waals surface area contributed by atoms with Crippen LogP contribution in [0.4, 0.5) is 0 Å². The van der Waals surface area contributed by atoms with E-state index < -0.39 is 60.4 Å². The van der Waals surface area contributed by atoms with E-state index in [1.807, 2.05) is 42.5 Å². The number of aromatic nitrogens is 2. The smallest absolute Gasteiger partial charge is 0.174 e. The average Bonchev–Trinajstić information content (AvgIpc) is 3.42. The molecule has 0 bridgehead atoms. The predicted molar refractivity (Wildman–Crippen MR) is 156 cm³/mol. The molecular formula is C34H26N2S. The van der Waals surface area contributed by atoms with Crippen LogP contribution in [0.3, 0.4) is 0 Å². The molecule has 0 amide bonds. The Labute approximate surface area is 235 Å². The summed E-state index contributed by atoms with van der Waals surface area (Å²) in [5.74, 6) is 0. The lowest BCUT2D eigenvalue weighted by Gasteiger charge is -2.32. The molecule has 0 unspecified atom stereocenters. The first-order chi connectivity index (χ1) is 22.2.